The number of para-hydroxylation sites is 2. The lowest BCUT2D eigenvalue weighted by molar-refractivity contribution is -0.136. The first-order valence-corrected chi connectivity index (χ1v) is 43.0. The van der Waals surface area contributed by atoms with Crippen LogP contribution in [0.1, 0.15) is 184 Å². The number of benzene rings is 12. The maximum Gasteiger partial charge on any atom is 0.418 e. The Hall–Kier alpha value is -14.9. The Bertz CT molecular complexity index is 6220. The Morgan fingerprint density at radius 1 is 0.302 bits per heavy atom. The highest BCUT2D eigenvalue weighted by molar-refractivity contribution is 5.96. The number of ether oxygens (including phenoxy) is 1. The number of anilines is 8. The van der Waals surface area contributed by atoms with E-state index in [2.05, 4.69) is 257 Å². The molecular formula is C107H104F4N16O2. The molecule has 0 spiro atoms. The molecule has 0 saturated heterocycles. The van der Waals surface area contributed by atoms with Crippen molar-refractivity contribution in [3.05, 3.63) is 449 Å². The predicted molar refractivity (Wildman–Crippen MR) is 505 cm³/mol. The number of rotatable bonds is 27. The van der Waals surface area contributed by atoms with Crippen LogP contribution in [0.15, 0.2) is 291 Å². The summed E-state index contributed by atoms with van der Waals surface area (Å²) < 4.78 is 58.8. The van der Waals surface area contributed by atoms with E-state index in [1.54, 1.807) is 37.3 Å². The lowest BCUT2D eigenvalue weighted by Gasteiger charge is -2.14. The Kier molecular flexibility index (Phi) is 31.5. The molecule has 22 heteroatoms. The maximum atomic E-state index is 13.5. The molecule has 18 nitrogen and oxygen atoms in total. The number of hydrogen-bond acceptors (Lipinski definition) is 18. The summed E-state index contributed by atoms with van der Waals surface area (Å²) in [7, 11) is 0. The topological polar surface area (TPSA) is 229 Å². The highest BCUT2D eigenvalue weighted by atomic mass is 19.4. The van der Waals surface area contributed by atoms with E-state index in [0.29, 0.717) is 128 Å². The third kappa shape index (κ3) is 28.8. The second-order valence-corrected chi connectivity index (χ2v) is 32.4. The number of esters is 1. The zero-order valence-corrected chi connectivity index (χ0v) is 74.3. The van der Waals surface area contributed by atoms with Crippen molar-refractivity contribution in [2.24, 2.45) is 0 Å². The summed E-state index contributed by atoms with van der Waals surface area (Å²) in [5.41, 5.74) is 21.6. The van der Waals surface area contributed by atoms with Gasteiger partial charge in [0.05, 0.1) is 29.1 Å². The van der Waals surface area contributed by atoms with Crippen molar-refractivity contribution >= 4 is 52.5 Å². The number of halogens is 4. The summed E-state index contributed by atoms with van der Waals surface area (Å²) in [5.74, 6) is 6.62. The second kappa shape index (κ2) is 44.3. The van der Waals surface area contributed by atoms with Crippen LogP contribution in [0.5, 0.6) is 0 Å². The molecule has 16 aromatic rings. The minimum Gasteiger partial charge on any atom is -0.462 e. The second-order valence-electron chi connectivity index (χ2n) is 32.4. The van der Waals surface area contributed by atoms with Gasteiger partial charge >= 0.3 is 12.1 Å². The Balaban J connectivity index is 0.000000147. The fraction of sp³-hybridized carbons (Fsp3) is 0.206. The standard InChI is InChI=1S/C28H28N4O2.C28H30N4.C26H23F3N4.C25H23FN4/c1-4-34-27(33)23-13-5-6-14-24(23)29-28-31-25(17-21-11-7-9-19(2)15-21)30-26(32-28)18-22-12-8-10-20(3)16-22;1-19(2)24-11-13-25(14-12-24)29-28-31-26(17-22-9-5-7-20(3)15-22)30-27(32-28)18-23-10-6-8-21(4)16-23;1-17-7-5-9-19(13-17)15-23-31-24(16-20-10-6-8-18(2)14-20)33-25(32-23)30-22-12-4-3-11-21(22)26(27,28)29;1-17-5-3-7-19(13-17)15-23-28-24(16-20-8-4-6-18(2)14-20)30-25(29-23)27-22-11-9-21(26)10-12-22/h5-16H,4,17-18H2,1-3H3,(H,29,30,31,32);5-16,19H,17-18H2,1-4H3,(H,29,30,31,32);3-14H,15-16H2,1-2H3,(H,30,31,32,33);3-14H,15-16H2,1-2H3,(H,27,28,29,30). The minimum absolute atomic E-state index is 0.0898. The molecule has 0 aliphatic rings. The van der Waals surface area contributed by atoms with Crippen LogP contribution in [-0.4, -0.2) is 72.4 Å². The summed E-state index contributed by atoms with van der Waals surface area (Å²) in [6.07, 6.45) is 0.134. The molecule has 12 aromatic carbocycles. The third-order valence-corrected chi connectivity index (χ3v) is 20.6. The van der Waals surface area contributed by atoms with Gasteiger partial charge in [-0.2, -0.15) is 53.0 Å². The third-order valence-electron chi connectivity index (χ3n) is 20.6. The minimum atomic E-state index is -4.49. The molecular weight excluding hydrogens is 1620 g/mol. The van der Waals surface area contributed by atoms with Gasteiger partial charge in [-0.3, -0.25) is 0 Å². The van der Waals surface area contributed by atoms with Gasteiger partial charge in [-0.15, -0.1) is 0 Å². The van der Waals surface area contributed by atoms with E-state index in [9.17, 15) is 22.4 Å². The van der Waals surface area contributed by atoms with Gasteiger partial charge in [0.25, 0.3) is 0 Å². The molecule has 4 aromatic heterocycles. The number of carbonyl (C=O) groups is 1. The van der Waals surface area contributed by atoms with Crippen molar-refractivity contribution < 1.29 is 27.1 Å². The van der Waals surface area contributed by atoms with Crippen LogP contribution in [0.4, 0.5) is 64.1 Å². The average molecular weight is 1720 g/mol. The van der Waals surface area contributed by atoms with Crippen molar-refractivity contribution in [3.63, 3.8) is 0 Å². The molecule has 0 bridgehead atoms. The van der Waals surface area contributed by atoms with E-state index in [1.165, 1.54) is 74.3 Å². The van der Waals surface area contributed by atoms with Gasteiger partial charge in [0.2, 0.25) is 23.8 Å². The Morgan fingerprint density at radius 2 is 0.550 bits per heavy atom. The quantitative estimate of drug-likeness (QED) is 0.0277. The van der Waals surface area contributed by atoms with Gasteiger partial charge in [0.1, 0.15) is 52.4 Å². The maximum absolute atomic E-state index is 13.5. The van der Waals surface area contributed by atoms with Crippen molar-refractivity contribution in [2.75, 3.05) is 27.9 Å². The summed E-state index contributed by atoms with van der Waals surface area (Å²) in [6.45, 7) is 23.0. The highest BCUT2D eigenvalue weighted by Gasteiger charge is 2.34. The average Bonchev–Trinajstić information content (AvgIpc) is 0.801. The zero-order chi connectivity index (χ0) is 90.8. The van der Waals surface area contributed by atoms with E-state index in [0.717, 1.165) is 73.6 Å². The highest BCUT2D eigenvalue weighted by Crippen LogP contribution is 2.36. The van der Waals surface area contributed by atoms with Crippen molar-refractivity contribution in [1.82, 2.24) is 59.8 Å². The zero-order valence-electron chi connectivity index (χ0n) is 74.3. The first-order chi connectivity index (χ1) is 62.2. The van der Waals surface area contributed by atoms with Crippen LogP contribution < -0.4 is 21.3 Å². The van der Waals surface area contributed by atoms with Crippen LogP contribution in [0.3, 0.4) is 0 Å². The number of aromatic nitrogens is 12. The van der Waals surface area contributed by atoms with Gasteiger partial charge in [-0.25, -0.2) is 29.1 Å². The first-order valence-electron chi connectivity index (χ1n) is 43.0. The number of aryl methyl sites for hydroxylation is 8. The molecule has 0 saturated carbocycles. The predicted octanol–water partition coefficient (Wildman–Crippen LogP) is 24.1. The fourth-order valence-electron chi connectivity index (χ4n) is 14.6. The summed E-state index contributed by atoms with van der Waals surface area (Å²) in [6, 6.07) is 93.3. The van der Waals surface area contributed by atoms with Crippen molar-refractivity contribution in [2.45, 2.75) is 140 Å². The fourth-order valence-corrected chi connectivity index (χ4v) is 14.6. The molecule has 652 valence electrons. The lowest BCUT2D eigenvalue weighted by atomic mass is 10.0. The number of nitrogens with zero attached hydrogens (tertiary/aromatic N) is 12. The molecule has 0 amide bonds. The molecule has 129 heavy (non-hydrogen) atoms. The van der Waals surface area contributed by atoms with Gasteiger partial charge in [0, 0.05) is 62.7 Å². The van der Waals surface area contributed by atoms with Crippen LogP contribution in [-0.2, 0) is 62.3 Å². The Labute approximate surface area is 751 Å². The van der Waals surface area contributed by atoms with E-state index in [4.69, 9.17) is 29.7 Å². The van der Waals surface area contributed by atoms with Crippen LogP contribution in [0.25, 0.3) is 0 Å². The number of hydrogen-bond donors (Lipinski definition) is 4. The molecule has 0 radical (unpaired) electrons. The molecule has 4 heterocycles. The number of alkyl halides is 3. The summed E-state index contributed by atoms with van der Waals surface area (Å²) >= 11 is 0. The smallest absolute Gasteiger partial charge is 0.418 e. The molecule has 0 unspecified atom stereocenters. The van der Waals surface area contributed by atoms with Gasteiger partial charge < -0.3 is 26.0 Å². The molecule has 0 aliphatic heterocycles. The molecule has 4 N–H and O–H groups in total. The first kappa shape index (κ1) is 91.8. The number of nitrogens with one attached hydrogen (secondary N) is 4. The monoisotopic (exact) mass is 1720 g/mol. The van der Waals surface area contributed by atoms with Crippen LogP contribution in [0.2, 0.25) is 0 Å². The molecule has 0 aliphatic carbocycles. The molecule has 16 rings (SSSR count). The Morgan fingerprint density at radius 3 is 0.814 bits per heavy atom. The summed E-state index contributed by atoms with van der Waals surface area (Å²) in [5, 5.41) is 12.6. The summed E-state index contributed by atoms with van der Waals surface area (Å²) in [4.78, 5) is 68.2. The van der Waals surface area contributed by atoms with E-state index in [1.807, 2.05) is 98.8 Å². The van der Waals surface area contributed by atoms with Gasteiger partial charge in [-0.05, 0) is 179 Å². The normalized spacial score (nSPS) is 11.0. The van der Waals surface area contributed by atoms with E-state index >= 15 is 0 Å². The van der Waals surface area contributed by atoms with Gasteiger partial charge in [-0.1, -0.05) is 289 Å². The number of carbonyl (C=O) groups excluding carboxylic acids is 1. The van der Waals surface area contributed by atoms with Crippen molar-refractivity contribution in [1.29, 1.82) is 0 Å². The van der Waals surface area contributed by atoms with E-state index in [-0.39, 0.29) is 23.4 Å². The largest absolute Gasteiger partial charge is 0.462 e. The SMILES string of the molecule is CCOC(=O)c1ccccc1Nc1nc(Cc2cccc(C)c2)nc(Cc2cccc(C)c2)n1.Cc1cccc(Cc2nc(Cc3cccc(C)c3)nc(Nc3ccc(C(C)C)cc3)n2)c1.Cc1cccc(Cc2nc(Cc3cccc(C)c3)nc(Nc3ccc(F)cc3)n2)c1.Cc1cccc(Cc2nc(Cc3cccc(C)c3)nc(Nc3ccccc3C(F)(F)F)n2)c1. The van der Waals surface area contributed by atoms with Gasteiger partial charge in [0.15, 0.2) is 0 Å². The van der Waals surface area contributed by atoms with Crippen LogP contribution >= 0.6 is 0 Å². The molecule has 0 atom stereocenters. The van der Waals surface area contributed by atoms with Crippen molar-refractivity contribution in [3.8, 4) is 0 Å². The van der Waals surface area contributed by atoms with E-state index < -0.39 is 11.7 Å². The van der Waals surface area contributed by atoms with Crippen LogP contribution in [0, 0.1) is 61.2 Å². The molecule has 0 fully saturated rings. The lowest BCUT2D eigenvalue weighted by Crippen LogP contribution is -2.12.